The van der Waals surface area contributed by atoms with E-state index in [1.165, 1.54) is 31.7 Å². The van der Waals surface area contributed by atoms with Crippen LogP contribution in [0.4, 0.5) is 5.69 Å². The summed E-state index contributed by atoms with van der Waals surface area (Å²) >= 11 is 3.38. The van der Waals surface area contributed by atoms with E-state index >= 15 is 0 Å². The van der Waals surface area contributed by atoms with E-state index in [-0.39, 0.29) is 10.6 Å². The van der Waals surface area contributed by atoms with Crippen LogP contribution in [0, 0.1) is 10.1 Å². The van der Waals surface area contributed by atoms with Crippen molar-refractivity contribution in [3.05, 3.63) is 38.3 Å². The molecule has 1 fully saturated rings. The van der Waals surface area contributed by atoms with Crippen LogP contribution in [-0.2, 0) is 6.54 Å². The van der Waals surface area contributed by atoms with Crippen LogP contribution in [-0.4, -0.2) is 36.0 Å². The summed E-state index contributed by atoms with van der Waals surface area (Å²) in [6.07, 6.45) is 4.74. The molecule has 1 aromatic carbocycles. The number of nitro benzene ring substituents is 1. The molecule has 1 aromatic rings. The summed E-state index contributed by atoms with van der Waals surface area (Å²) in [7, 11) is 4.13. The number of rotatable bonds is 5. The Morgan fingerprint density at radius 1 is 1.38 bits per heavy atom. The maximum Gasteiger partial charge on any atom is 0.283 e. The van der Waals surface area contributed by atoms with Crippen molar-refractivity contribution in [2.45, 2.75) is 44.3 Å². The first kappa shape index (κ1) is 16.4. The van der Waals surface area contributed by atoms with Crippen LogP contribution in [0.3, 0.4) is 0 Å². The quantitative estimate of drug-likeness (QED) is 0.650. The molecule has 0 radical (unpaired) electrons. The fourth-order valence-electron chi connectivity index (χ4n) is 3.03. The third kappa shape index (κ3) is 4.02. The maximum atomic E-state index is 11.0. The van der Waals surface area contributed by atoms with Gasteiger partial charge in [0.1, 0.15) is 0 Å². The Morgan fingerprint density at radius 3 is 2.62 bits per heavy atom. The van der Waals surface area contributed by atoms with Gasteiger partial charge in [0.15, 0.2) is 0 Å². The Labute approximate surface area is 134 Å². The van der Waals surface area contributed by atoms with Gasteiger partial charge in [-0.1, -0.05) is 12.1 Å². The lowest BCUT2D eigenvalue weighted by Gasteiger charge is -2.34. The molecule has 0 atom stereocenters. The van der Waals surface area contributed by atoms with E-state index in [9.17, 15) is 10.1 Å². The summed E-state index contributed by atoms with van der Waals surface area (Å²) in [6, 6.07) is 6.43. The molecule has 0 bridgehead atoms. The number of halogens is 1. The van der Waals surface area contributed by atoms with Crippen LogP contribution in [0.25, 0.3) is 0 Å². The largest absolute Gasteiger partial charge is 0.317 e. The average Bonchev–Trinajstić information content (AvgIpc) is 2.49. The maximum absolute atomic E-state index is 11.0. The van der Waals surface area contributed by atoms with Crippen molar-refractivity contribution >= 4 is 21.6 Å². The molecule has 0 aliphatic heterocycles. The summed E-state index contributed by atoms with van der Waals surface area (Å²) in [5, 5.41) is 14.3. The molecule has 0 amide bonds. The van der Waals surface area contributed by atoms with Gasteiger partial charge in [-0.05, 0) is 61.3 Å². The number of hydrogen-bond acceptors (Lipinski definition) is 4. The molecule has 6 heteroatoms. The fourth-order valence-corrected chi connectivity index (χ4v) is 3.57. The van der Waals surface area contributed by atoms with E-state index in [1.807, 2.05) is 13.1 Å². The van der Waals surface area contributed by atoms with E-state index in [0.717, 1.165) is 12.1 Å². The Balaban J connectivity index is 2.02. The second kappa shape index (κ2) is 7.33. The summed E-state index contributed by atoms with van der Waals surface area (Å²) < 4.78 is 0.603. The number of hydrogen-bond donors (Lipinski definition) is 1. The average molecular weight is 356 g/mol. The molecule has 0 aromatic heterocycles. The van der Waals surface area contributed by atoms with E-state index in [0.29, 0.717) is 16.6 Å². The van der Waals surface area contributed by atoms with Crippen LogP contribution >= 0.6 is 15.9 Å². The predicted molar refractivity (Wildman–Crippen MR) is 87.4 cm³/mol. The van der Waals surface area contributed by atoms with Gasteiger partial charge < -0.3 is 5.32 Å². The smallest absolute Gasteiger partial charge is 0.283 e. The molecule has 0 heterocycles. The standard InChI is InChI=1S/C15H22BrN3O2/c1-17-12-6-8-13(9-7-12)18(2)10-11-4-3-5-14(15(11)16)19(20)21/h3-5,12-13,17H,6-10H2,1-2H3. The molecule has 0 spiro atoms. The van der Waals surface area contributed by atoms with E-state index in [2.05, 4.69) is 33.2 Å². The van der Waals surface area contributed by atoms with Gasteiger partial charge in [0.25, 0.3) is 5.69 Å². The molecular weight excluding hydrogens is 334 g/mol. The van der Waals surface area contributed by atoms with E-state index < -0.39 is 0 Å². The second-order valence-corrected chi connectivity index (χ2v) is 6.51. The molecule has 1 N–H and O–H groups in total. The SMILES string of the molecule is CNC1CCC(N(C)Cc2cccc([N+](=O)[O-])c2Br)CC1. The first-order chi connectivity index (χ1) is 10.0. The lowest BCUT2D eigenvalue weighted by molar-refractivity contribution is -0.385. The molecule has 5 nitrogen and oxygen atoms in total. The number of benzene rings is 1. The highest BCUT2D eigenvalue weighted by Gasteiger charge is 2.24. The minimum Gasteiger partial charge on any atom is -0.317 e. The topological polar surface area (TPSA) is 58.4 Å². The summed E-state index contributed by atoms with van der Waals surface area (Å²) in [5.41, 5.74) is 1.11. The van der Waals surface area contributed by atoms with Crippen molar-refractivity contribution < 1.29 is 4.92 Å². The van der Waals surface area contributed by atoms with Gasteiger partial charge in [-0.25, -0.2) is 0 Å². The zero-order chi connectivity index (χ0) is 15.4. The Morgan fingerprint density at radius 2 is 2.05 bits per heavy atom. The van der Waals surface area contributed by atoms with Gasteiger partial charge in [0, 0.05) is 24.7 Å². The molecule has 2 rings (SSSR count). The van der Waals surface area contributed by atoms with Crippen molar-refractivity contribution in [2.75, 3.05) is 14.1 Å². The van der Waals surface area contributed by atoms with Crippen LogP contribution < -0.4 is 5.32 Å². The van der Waals surface area contributed by atoms with Gasteiger partial charge in [-0.3, -0.25) is 15.0 Å². The van der Waals surface area contributed by atoms with Crippen molar-refractivity contribution in [1.29, 1.82) is 0 Å². The second-order valence-electron chi connectivity index (χ2n) is 5.72. The fraction of sp³-hybridized carbons (Fsp3) is 0.600. The highest BCUT2D eigenvalue weighted by atomic mass is 79.9. The Bertz CT molecular complexity index is 502. The molecule has 1 aliphatic rings. The van der Waals surface area contributed by atoms with Crippen molar-refractivity contribution in [3.63, 3.8) is 0 Å². The molecular formula is C15H22BrN3O2. The number of nitrogens with zero attached hydrogens (tertiary/aromatic N) is 2. The first-order valence-electron chi connectivity index (χ1n) is 7.32. The predicted octanol–water partition coefficient (Wildman–Crippen LogP) is 3.32. The number of nitrogens with one attached hydrogen (secondary N) is 1. The molecule has 0 unspecified atom stereocenters. The minimum absolute atomic E-state index is 0.139. The Hall–Kier alpha value is -0.980. The van der Waals surface area contributed by atoms with Crippen LogP contribution in [0.15, 0.2) is 22.7 Å². The molecule has 21 heavy (non-hydrogen) atoms. The van der Waals surface area contributed by atoms with Gasteiger partial charge >= 0.3 is 0 Å². The lowest BCUT2D eigenvalue weighted by Crippen LogP contribution is -2.39. The third-order valence-corrected chi connectivity index (χ3v) is 5.32. The van der Waals surface area contributed by atoms with Crippen molar-refractivity contribution in [3.8, 4) is 0 Å². The van der Waals surface area contributed by atoms with Crippen LogP contribution in [0.5, 0.6) is 0 Å². The van der Waals surface area contributed by atoms with Gasteiger partial charge in [0.2, 0.25) is 0 Å². The number of nitro groups is 1. The normalized spacial score (nSPS) is 22.5. The van der Waals surface area contributed by atoms with Crippen molar-refractivity contribution in [2.24, 2.45) is 0 Å². The minimum atomic E-state index is -0.342. The zero-order valence-corrected chi connectivity index (χ0v) is 14.1. The zero-order valence-electron chi connectivity index (χ0n) is 12.5. The molecule has 1 aliphatic carbocycles. The van der Waals surface area contributed by atoms with E-state index in [4.69, 9.17) is 0 Å². The summed E-state index contributed by atoms with van der Waals surface area (Å²) in [5.74, 6) is 0. The highest BCUT2D eigenvalue weighted by molar-refractivity contribution is 9.10. The molecule has 0 saturated heterocycles. The summed E-state index contributed by atoms with van der Waals surface area (Å²) in [4.78, 5) is 13.0. The van der Waals surface area contributed by atoms with Crippen molar-refractivity contribution in [1.82, 2.24) is 10.2 Å². The Kier molecular flexibility index (Phi) is 5.72. The van der Waals surface area contributed by atoms with Gasteiger partial charge in [-0.2, -0.15) is 0 Å². The monoisotopic (exact) mass is 355 g/mol. The first-order valence-corrected chi connectivity index (χ1v) is 8.11. The lowest BCUT2D eigenvalue weighted by atomic mass is 9.90. The highest BCUT2D eigenvalue weighted by Crippen LogP contribution is 2.30. The van der Waals surface area contributed by atoms with Gasteiger partial charge in [0.05, 0.1) is 9.40 Å². The van der Waals surface area contributed by atoms with Gasteiger partial charge in [-0.15, -0.1) is 0 Å². The third-order valence-electron chi connectivity index (χ3n) is 4.40. The molecule has 116 valence electrons. The van der Waals surface area contributed by atoms with Crippen LogP contribution in [0.2, 0.25) is 0 Å². The molecule has 1 saturated carbocycles. The summed E-state index contributed by atoms with van der Waals surface area (Å²) in [6.45, 7) is 0.733. The van der Waals surface area contributed by atoms with Crippen LogP contribution in [0.1, 0.15) is 31.2 Å². The van der Waals surface area contributed by atoms with E-state index in [1.54, 1.807) is 6.07 Å².